The summed E-state index contributed by atoms with van der Waals surface area (Å²) in [5.41, 5.74) is 14.0. The molecular formula is C14H16N4O. The molecule has 0 aliphatic heterocycles. The lowest BCUT2D eigenvalue weighted by atomic mass is 10.2. The minimum Gasteiger partial charge on any atom is -0.364 e. The van der Waals surface area contributed by atoms with Crippen LogP contribution in [0.15, 0.2) is 42.6 Å². The monoisotopic (exact) mass is 256 g/mol. The van der Waals surface area contributed by atoms with Crippen molar-refractivity contribution in [1.82, 2.24) is 4.98 Å². The second-order valence-electron chi connectivity index (χ2n) is 4.19. The molecule has 0 spiro atoms. The van der Waals surface area contributed by atoms with E-state index in [2.05, 4.69) is 4.98 Å². The normalized spacial score (nSPS) is 10.2. The van der Waals surface area contributed by atoms with E-state index in [1.165, 1.54) is 0 Å². The lowest BCUT2D eigenvalue weighted by Gasteiger charge is -2.20. The first kappa shape index (κ1) is 13.0. The van der Waals surface area contributed by atoms with Gasteiger partial charge in [0.05, 0.1) is 0 Å². The maximum absolute atomic E-state index is 11.1. The smallest absolute Gasteiger partial charge is 0.267 e. The highest BCUT2D eigenvalue weighted by molar-refractivity contribution is 5.91. The van der Waals surface area contributed by atoms with Crippen LogP contribution in [0.5, 0.6) is 0 Å². The maximum Gasteiger partial charge on any atom is 0.267 e. The molecule has 0 bridgehead atoms. The largest absolute Gasteiger partial charge is 0.364 e. The summed E-state index contributed by atoms with van der Waals surface area (Å²) in [4.78, 5) is 17.0. The van der Waals surface area contributed by atoms with Crippen molar-refractivity contribution in [2.75, 3.05) is 11.9 Å². The Morgan fingerprint density at radius 1 is 1.21 bits per heavy atom. The van der Waals surface area contributed by atoms with Crippen LogP contribution < -0.4 is 16.4 Å². The zero-order valence-corrected chi connectivity index (χ0v) is 10.7. The highest BCUT2D eigenvalue weighted by Gasteiger charge is 2.08. The van der Waals surface area contributed by atoms with Gasteiger partial charge >= 0.3 is 0 Å². The fraction of sp³-hybridized carbons (Fsp3) is 0.143. The van der Waals surface area contributed by atoms with Gasteiger partial charge in [-0.25, -0.2) is 0 Å². The van der Waals surface area contributed by atoms with Gasteiger partial charge in [-0.05, 0) is 29.8 Å². The fourth-order valence-electron chi connectivity index (χ4n) is 1.77. The van der Waals surface area contributed by atoms with Gasteiger partial charge in [0.2, 0.25) is 0 Å². The molecule has 0 radical (unpaired) electrons. The van der Waals surface area contributed by atoms with E-state index in [1.54, 1.807) is 12.3 Å². The van der Waals surface area contributed by atoms with Gasteiger partial charge in [-0.15, -0.1) is 0 Å². The predicted molar refractivity (Wildman–Crippen MR) is 75.2 cm³/mol. The Bertz CT molecular complexity index is 580. The minimum atomic E-state index is -0.534. The molecule has 98 valence electrons. The summed E-state index contributed by atoms with van der Waals surface area (Å²) in [7, 11) is 1.91. The summed E-state index contributed by atoms with van der Waals surface area (Å²) in [5.74, 6) is -0.534. The third-order valence-electron chi connectivity index (χ3n) is 2.94. The molecule has 1 aromatic heterocycles. The summed E-state index contributed by atoms with van der Waals surface area (Å²) in [5, 5.41) is 0. The van der Waals surface area contributed by atoms with Crippen LogP contribution in [0.1, 0.15) is 16.1 Å². The summed E-state index contributed by atoms with van der Waals surface area (Å²) >= 11 is 0. The summed E-state index contributed by atoms with van der Waals surface area (Å²) in [6.07, 6.45) is 1.57. The summed E-state index contributed by atoms with van der Waals surface area (Å²) in [6, 6.07) is 11.4. The lowest BCUT2D eigenvalue weighted by Crippen LogP contribution is -2.15. The van der Waals surface area contributed by atoms with Crippen molar-refractivity contribution in [3.05, 3.63) is 53.9 Å². The molecule has 0 unspecified atom stereocenters. The summed E-state index contributed by atoms with van der Waals surface area (Å²) < 4.78 is 0. The maximum atomic E-state index is 11.1. The standard InChI is InChI=1S/C14H16N4O/c1-18(11-4-2-10(9-15)3-5-11)12-6-7-17-13(8-12)14(16)19/h2-8H,9,15H2,1H3,(H2,16,19). The Balaban J connectivity index is 2.29. The predicted octanol–water partition coefficient (Wildman–Crippen LogP) is 1.41. The Morgan fingerprint density at radius 3 is 2.47 bits per heavy atom. The number of nitrogens with zero attached hydrogens (tertiary/aromatic N) is 2. The van der Waals surface area contributed by atoms with E-state index in [-0.39, 0.29) is 5.69 Å². The number of rotatable bonds is 4. The number of benzene rings is 1. The molecule has 0 saturated carbocycles. The van der Waals surface area contributed by atoms with E-state index in [1.807, 2.05) is 42.3 Å². The first-order valence-corrected chi connectivity index (χ1v) is 5.90. The van der Waals surface area contributed by atoms with Crippen LogP contribution >= 0.6 is 0 Å². The number of hydrogen-bond donors (Lipinski definition) is 2. The number of primary amides is 1. The molecule has 4 N–H and O–H groups in total. The van der Waals surface area contributed by atoms with Gasteiger partial charge in [-0.3, -0.25) is 9.78 Å². The van der Waals surface area contributed by atoms with E-state index in [9.17, 15) is 4.79 Å². The molecule has 0 fully saturated rings. The zero-order valence-electron chi connectivity index (χ0n) is 10.7. The fourth-order valence-corrected chi connectivity index (χ4v) is 1.77. The van der Waals surface area contributed by atoms with Gasteiger partial charge in [0, 0.05) is 31.2 Å². The van der Waals surface area contributed by atoms with E-state index < -0.39 is 5.91 Å². The molecular weight excluding hydrogens is 240 g/mol. The Morgan fingerprint density at radius 2 is 1.89 bits per heavy atom. The average Bonchev–Trinajstić information content (AvgIpc) is 2.46. The SMILES string of the molecule is CN(c1ccc(CN)cc1)c1ccnc(C(N)=O)c1. The third-order valence-corrected chi connectivity index (χ3v) is 2.94. The zero-order chi connectivity index (χ0) is 13.8. The van der Waals surface area contributed by atoms with Crippen LogP contribution in [0.2, 0.25) is 0 Å². The van der Waals surface area contributed by atoms with Gasteiger partial charge in [-0.1, -0.05) is 12.1 Å². The molecule has 0 atom stereocenters. The lowest BCUT2D eigenvalue weighted by molar-refractivity contribution is 0.0995. The second kappa shape index (κ2) is 5.49. The van der Waals surface area contributed by atoms with Gasteiger partial charge in [0.1, 0.15) is 5.69 Å². The molecule has 0 saturated heterocycles. The molecule has 2 aromatic rings. The molecule has 1 amide bonds. The number of hydrogen-bond acceptors (Lipinski definition) is 4. The number of carbonyl (C=O) groups excluding carboxylic acids is 1. The Kier molecular flexibility index (Phi) is 3.77. The van der Waals surface area contributed by atoms with E-state index in [4.69, 9.17) is 11.5 Å². The van der Waals surface area contributed by atoms with Crippen molar-refractivity contribution >= 4 is 17.3 Å². The topological polar surface area (TPSA) is 85.2 Å². The van der Waals surface area contributed by atoms with Crippen LogP contribution in [0.3, 0.4) is 0 Å². The molecule has 5 nitrogen and oxygen atoms in total. The highest BCUT2D eigenvalue weighted by atomic mass is 16.1. The van der Waals surface area contributed by atoms with Crippen LogP contribution in [-0.2, 0) is 6.54 Å². The van der Waals surface area contributed by atoms with E-state index in [0.29, 0.717) is 6.54 Å². The van der Waals surface area contributed by atoms with E-state index >= 15 is 0 Å². The summed E-state index contributed by atoms with van der Waals surface area (Å²) in [6.45, 7) is 0.519. The Labute approximate surface area is 111 Å². The quantitative estimate of drug-likeness (QED) is 0.866. The van der Waals surface area contributed by atoms with Gasteiger partial charge in [0.15, 0.2) is 0 Å². The van der Waals surface area contributed by atoms with Crippen LogP contribution in [0, 0.1) is 0 Å². The van der Waals surface area contributed by atoms with Crippen LogP contribution in [-0.4, -0.2) is 17.9 Å². The molecule has 1 heterocycles. The highest BCUT2D eigenvalue weighted by Crippen LogP contribution is 2.23. The van der Waals surface area contributed by atoms with Crippen molar-refractivity contribution in [1.29, 1.82) is 0 Å². The molecule has 1 aromatic carbocycles. The number of aromatic nitrogens is 1. The minimum absolute atomic E-state index is 0.253. The van der Waals surface area contributed by atoms with Gasteiger partial charge in [0.25, 0.3) is 5.91 Å². The van der Waals surface area contributed by atoms with Crippen molar-refractivity contribution in [2.45, 2.75) is 6.54 Å². The number of amides is 1. The van der Waals surface area contributed by atoms with Crippen LogP contribution in [0.25, 0.3) is 0 Å². The first-order valence-electron chi connectivity index (χ1n) is 5.90. The Hall–Kier alpha value is -2.40. The number of nitrogens with two attached hydrogens (primary N) is 2. The van der Waals surface area contributed by atoms with E-state index in [0.717, 1.165) is 16.9 Å². The molecule has 0 aliphatic carbocycles. The van der Waals surface area contributed by atoms with Crippen LogP contribution in [0.4, 0.5) is 11.4 Å². The number of carbonyl (C=O) groups is 1. The second-order valence-corrected chi connectivity index (χ2v) is 4.19. The van der Waals surface area contributed by atoms with Crippen molar-refractivity contribution in [3.63, 3.8) is 0 Å². The molecule has 19 heavy (non-hydrogen) atoms. The first-order chi connectivity index (χ1) is 9.11. The average molecular weight is 256 g/mol. The van der Waals surface area contributed by atoms with Crippen molar-refractivity contribution in [3.8, 4) is 0 Å². The van der Waals surface area contributed by atoms with Crippen molar-refractivity contribution < 1.29 is 4.79 Å². The van der Waals surface area contributed by atoms with Gasteiger partial charge in [-0.2, -0.15) is 0 Å². The molecule has 0 aliphatic rings. The van der Waals surface area contributed by atoms with Crippen molar-refractivity contribution in [2.24, 2.45) is 11.5 Å². The molecule has 5 heteroatoms. The third kappa shape index (κ3) is 2.89. The van der Waals surface area contributed by atoms with Gasteiger partial charge < -0.3 is 16.4 Å². The molecule has 2 rings (SSSR count). The number of anilines is 2. The number of pyridine rings is 1.